The summed E-state index contributed by atoms with van der Waals surface area (Å²) in [4.78, 5) is 13.1. The number of hydrogen-bond acceptors (Lipinski definition) is 4. The Hall–Kier alpha value is -3.80. The topological polar surface area (TPSA) is 82.7 Å². The summed E-state index contributed by atoms with van der Waals surface area (Å²) in [5.74, 6) is -1.85. The van der Waals surface area contributed by atoms with Crippen LogP contribution < -0.4 is 0 Å². The van der Waals surface area contributed by atoms with E-state index in [0.29, 0.717) is 17.4 Å². The first-order valence-corrected chi connectivity index (χ1v) is 8.56. The minimum absolute atomic E-state index is 0.0657. The van der Waals surface area contributed by atoms with Crippen molar-refractivity contribution in [1.82, 2.24) is 4.57 Å². The van der Waals surface area contributed by atoms with Crippen molar-refractivity contribution in [2.45, 2.75) is 6.54 Å². The average molecular weight is 377 g/mol. The lowest BCUT2D eigenvalue weighted by atomic mass is 10.0. The molecule has 0 aliphatic rings. The number of benzene rings is 3. The van der Waals surface area contributed by atoms with Crippen molar-refractivity contribution >= 4 is 16.7 Å². The molecule has 0 aliphatic heterocycles. The Kier molecular flexibility index (Phi) is 4.24. The van der Waals surface area contributed by atoms with Gasteiger partial charge in [0.05, 0.1) is 22.0 Å². The maximum atomic E-state index is 13.2. The van der Waals surface area contributed by atoms with Gasteiger partial charge < -0.3 is 19.9 Å². The first kappa shape index (κ1) is 17.6. The average Bonchev–Trinajstić information content (AvgIpc) is 3.05. The number of aromatic nitrogens is 1. The first-order valence-electron chi connectivity index (χ1n) is 8.56. The van der Waals surface area contributed by atoms with Gasteiger partial charge in [0.2, 0.25) is 0 Å². The third-order valence-corrected chi connectivity index (χ3v) is 4.65. The number of halogens is 1. The maximum absolute atomic E-state index is 13.2. The fraction of sp³-hybridized carbons (Fsp3) is 0.0455. The normalized spacial score (nSPS) is 11.0. The zero-order valence-electron chi connectivity index (χ0n) is 14.6. The Morgan fingerprint density at radius 1 is 0.857 bits per heavy atom. The van der Waals surface area contributed by atoms with Gasteiger partial charge in [0.15, 0.2) is 17.3 Å². The van der Waals surface area contributed by atoms with E-state index in [4.69, 9.17) is 0 Å². The molecule has 0 unspecified atom stereocenters. The van der Waals surface area contributed by atoms with E-state index in [0.717, 1.165) is 5.56 Å². The smallest absolute Gasteiger partial charge is 0.199 e. The number of para-hydroxylation sites is 1. The number of aromatic hydroxyl groups is 3. The highest BCUT2D eigenvalue weighted by molar-refractivity contribution is 6.19. The summed E-state index contributed by atoms with van der Waals surface area (Å²) in [6.45, 7) is 0.361. The molecule has 140 valence electrons. The van der Waals surface area contributed by atoms with Crippen LogP contribution in [0.1, 0.15) is 21.5 Å². The molecule has 1 aromatic heterocycles. The maximum Gasteiger partial charge on any atom is 0.199 e. The van der Waals surface area contributed by atoms with Crippen molar-refractivity contribution in [2.24, 2.45) is 0 Å². The molecular formula is C22H16FNO4. The SMILES string of the molecule is O=C(c1cccc(O)c1O)c1cn(Cc2ccc(F)cc2)c2cccc(O)c12. The molecule has 1 heterocycles. The number of phenols is 3. The number of rotatable bonds is 4. The zero-order valence-corrected chi connectivity index (χ0v) is 14.6. The van der Waals surface area contributed by atoms with Gasteiger partial charge in [-0.25, -0.2) is 4.39 Å². The van der Waals surface area contributed by atoms with E-state index < -0.39 is 17.3 Å². The third kappa shape index (κ3) is 2.95. The Morgan fingerprint density at radius 2 is 1.54 bits per heavy atom. The van der Waals surface area contributed by atoms with Crippen LogP contribution in [0.3, 0.4) is 0 Å². The Bertz CT molecular complexity index is 1200. The van der Waals surface area contributed by atoms with Gasteiger partial charge in [0.1, 0.15) is 11.6 Å². The molecule has 6 heteroatoms. The van der Waals surface area contributed by atoms with E-state index in [9.17, 15) is 24.5 Å². The van der Waals surface area contributed by atoms with Crippen molar-refractivity contribution in [3.05, 3.63) is 89.4 Å². The molecule has 0 spiro atoms. The number of ketones is 1. The highest BCUT2D eigenvalue weighted by Gasteiger charge is 2.22. The third-order valence-electron chi connectivity index (χ3n) is 4.65. The molecule has 4 rings (SSSR count). The number of fused-ring (bicyclic) bond motifs is 1. The summed E-state index contributed by atoms with van der Waals surface area (Å²) in [5, 5.41) is 30.5. The van der Waals surface area contributed by atoms with Crippen molar-refractivity contribution in [1.29, 1.82) is 0 Å². The largest absolute Gasteiger partial charge is 0.507 e. The predicted octanol–water partition coefficient (Wildman–Crippen LogP) is 4.18. The van der Waals surface area contributed by atoms with Gasteiger partial charge >= 0.3 is 0 Å². The summed E-state index contributed by atoms with van der Waals surface area (Å²) in [5.41, 5.74) is 1.56. The Morgan fingerprint density at radius 3 is 2.29 bits per heavy atom. The van der Waals surface area contributed by atoms with Crippen LogP contribution in [0.2, 0.25) is 0 Å². The monoisotopic (exact) mass is 377 g/mol. The van der Waals surface area contributed by atoms with E-state index in [1.165, 1.54) is 36.4 Å². The number of nitrogens with zero attached hydrogens (tertiary/aromatic N) is 1. The standard InChI is InChI=1S/C22H16FNO4/c23-14-9-7-13(8-10-14)11-24-12-16(20-17(24)4-2-5-18(20)25)21(27)15-3-1-6-19(26)22(15)28/h1-10,12,25-26,28H,11H2. The molecule has 5 nitrogen and oxygen atoms in total. The quantitative estimate of drug-likeness (QED) is 0.368. The van der Waals surface area contributed by atoms with Crippen LogP contribution in [-0.2, 0) is 6.54 Å². The van der Waals surface area contributed by atoms with Gasteiger partial charge in [-0.1, -0.05) is 24.3 Å². The minimum atomic E-state index is -0.530. The summed E-state index contributed by atoms with van der Waals surface area (Å²) in [7, 11) is 0. The van der Waals surface area contributed by atoms with Gasteiger partial charge in [-0.05, 0) is 42.0 Å². The molecule has 3 aromatic carbocycles. The van der Waals surface area contributed by atoms with E-state index in [1.54, 1.807) is 35.0 Å². The molecule has 0 atom stereocenters. The molecule has 0 aliphatic carbocycles. The van der Waals surface area contributed by atoms with E-state index >= 15 is 0 Å². The van der Waals surface area contributed by atoms with E-state index in [2.05, 4.69) is 0 Å². The minimum Gasteiger partial charge on any atom is -0.507 e. The summed E-state index contributed by atoms with van der Waals surface area (Å²) >= 11 is 0. The van der Waals surface area contributed by atoms with E-state index in [-0.39, 0.29) is 22.7 Å². The number of hydrogen-bond donors (Lipinski definition) is 3. The molecule has 0 fully saturated rings. The Balaban J connectivity index is 1.86. The number of phenolic OH excluding ortho intramolecular Hbond substituents is 3. The van der Waals surface area contributed by atoms with Crippen LogP contribution in [0, 0.1) is 5.82 Å². The second-order valence-electron chi connectivity index (χ2n) is 6.47. The second kappa shape index (κ2) is 6.74. The van der Waals surface area contributed by atoms with Crippen LogP contribution in [-0.4, -0.2) is 25.7 Å². The van der Waals surface area contributed by atoms with Crippen LogP contribution in [0.25, 0.3) is 10.9 Å². The lowest BCUT2D eigenvalue weighted by Gasteiger charge is -2.05. The zero-order chi connectivity index (χ0) is 19.8. The molecule has 4 aromatic rings. The van der Waals surface area contributed by atoms with Crippen molar-refractivity contribution < 1.29 is 24.5 Å². The molecule has 3 N–H and O–H groups in total. The van der Waals surface area contributed by atoms with Crippen molar-refractivity contribution in [3.8, 4) is 17.2 Å². The lowest BCUT2D eigenvalue weighted by molar-refractivity contribution is 0.103. The molecular weight excluding hydrogens is 361 g/mol. The highest BCUT2D eigenvalue weighted by Crippen LogP contribution is 2.35. The number of carbonyl (C=O) groups excluding carboxylic acids is 1. The molecule has 0 saturated carbocycles. The lowest BCUT2D eigenvalue weighted by Crippen LogP contribution is -2.02. The summed E-state index contributed by atoms with van der Waals surface area (Å²) < 4.78 is 14.9. The summed E-state index contributed by atoms with van der Waals surface area (Å²) in [6, 6.07) is 15.0. The highest BCUT2D eigenvalue weighted by atomic mass is 19.1. The van der Waals surface area contributed by atoms with Crippen molar-refractivity contribution in [2.75, 3.05) is 0 Å². The van der Waals surface area contributed by atoms with Crippen LogP contribution in [0.15, 0.2) is 66.9 Å². The first-order chi connectivity index (χ1) is 13.5. The second-order valence-corrected chi connectivity index (χ2v) is 6.47. The van der Waals surface area contributed by atoms with Crippen LogP contribution in [0.4, 0.5) is 4.39 Å². The molecule has 0 amide bonds. The predicted molar refractivity (Wildman–Crippen MR) is 102 cm³/mol. The van der Waals surface area contributed by atoms with Gasteiger partial charge in [-0.3, -0.25) is 4.79 Å². The number of carbonyl (C=O) groups is 1. The van der Waals surface area contributed by atoms with Crippen LogP contribution in [0.5, 0.6) is 17.2 Å². The van der Waals surface area contributed by atoms with Gasteiger partial charge in [0, 0.05) is 12.7 Å². The Labute approximate surface area is 159 Å². The van der Waals surface area contributed by atoms with Gasteiger partial charge in [0.25, 0.3) is 0 Å². The fourth-order valence-corrected chi connectivity index (χ4v) is 3.28. The molecule has 0 radical (unpaired) electrons. The molecule has 0 saturated heterocycles. The van der Waals surface area contributed by atoms with Gasteiger partial charge in [-0.15, -0.1) is 0 Å². The van der Waals surface area contributed by atoms with Crippen molar-refractivity contribution in [3.63, 3.8) is 0 Å². The molecule has 28 heavy (non-hydrogen) atoms. The summed E-state index contributed by atoms with van der Waals surface area (Å²) in [6.07, 6.45) is 1.58. The van der Waals surface area contributed by atoms with E-state index in [1.807, 2.05) is 0 Å². The molecule has 0 bridgehead atoms. The van der Waals surface area contributed by atoms with Gasteiger partial charge in [-0.2, -0.15) is 0 Å². The fourth-order valence-electron chi connectivity index (χ4n) is 3.28. The van der Waals surface area contributed by atoms with Crippen LogP contribution >= 0.6 is 0 Å².